The molecule has 2 aliphatic heterocycles. The minimum atomic E-state index is -5.75. The summed E-state index contributed by atoms with van der Waals surface area (Å²) in [5, 5.41) is 22.7. The van der Waals surface area contributed by atoms with Crippen molar-refractivity contribution < 1.29 is 70.7 Å². The maximum Gasteiger partial charge on any atom is 0.490 e. The summed E-state index contributed by atoms with van der Waals surface area (Å²) in [6.45, 7) is 8.18. The van der Waals surface area contributed by atoms with Crippen molar-refractivity contribution in [2.24, 2.45) is 21.9 Å². The van der Waals surface area contributed by atoms with Crippen LogP contribution in [-0.4, -0.2) is 85.6 Å². The smallest absolute Gasteiger partial charge is 0.490 e. The molecule has 278 valence electrons. The van der Waals surface area contributed by atoms with Crippen molar-refractivity contribution in [1.82, 2.24) is 4.90 Å². The average molecular weight is 770 g/mol. The summed E-state index contributed by atoms with van der Waals surface area (Å²) in [4.78, 5) is 53.6. The molecule has 9 N–H and O–H groups in total. The first-order chi connectivity index (χ1) is 23.0. The summed E-state index contributed by atoms with van der Waals surface area (Å²) in [7, 11) is -15.4. The van der Waals surface area contributed by atoms with E-state index in [0.29, 0.717) is 5.57 Å². The molecule has 0 aliphatic carbocycles. The van der Waals surface area contributed by atoms with E-state index in [1.165, 1.54) is 30.3 Å². The van der Waals surface area contributed by atoms with Crippen LogP contribution in [0.1, 0.15) is 44.4 Å². The average Bonchev–Trinajstić information content (AvgIpc) is 3.33. The topological polar surface area (TPSA) is 319 Å². The van der Waals surface area contributed by atoms with Gasteiger partial charge in [0.2, 0.25) is 0 Å². The second kappa shape index (κ2) is 16.1. The fourth-order valence-electron chi connectivity index (χ4n) is 4.79. The number of methoxy groups -OCH3 is 1. The van der Waals surface area contributed by atoms with Gasteiger partial charge in [0.1, 0.15) is 29.7 Å². The van der Waals surface area contributed by atoms with Crippen LogP contribution in [0.4, 0.5) is 5.69 Å². The van der Waals surface area contributed by atoms with Crippen molar-refractivity contribution in [3.63, 3.8) is 0 Å². The van der Waals surface area contributed by atoms with Crippen LogP contribution in [0.2, 0.25) is 0 Å². The molecule has 24 heteroatoms. The summed E-state index contributed by atoms with van der Waals surface area (Å²) < 4.78 is 63.9. The maximum atomic E-state index is 12.2. The van der Waals surface area contributed by atoms with Gasteiger partial charge in [0, 0.05) is 24.3 Å². The van der Waals surface area contributed by atoms with Gasteiger partial charge in [-0.15, -0.1) is 0 Å². The van der Waals surface area contributed by atoms with Crippen molar-refractivity contribution in [3.05, 3.63) is 57.5 Å². The van der Waals surface area contributed by atoms with E-state index in [0.717, 1.165) is 0 Å². The quantitative estimate of drug-likeness (QED) is 0.0614. The lowest BCUT2D eigenvalue weighted by atomic mass is 9.83. The predicted molar refractivity (Wildman–Crippen MR) is 174 cm³/mol. The Kier molecular flexibility index (Phi) is 13.3. The number of nitro benzene ring substituents is 1. The molecular formula is C26H38N5O16P3. The van der Waals surface area contributed by atoms with E-state index >= 15 is 0 Å². The van der Waals surface area contributed by atoms with Gasteiger partial charge in [0.05, 0.1) is 55.1 Å². The number of nitrogens with zero attached hydrogens (tertiary/aromatic N) is 3. The fourth-order valence-corrected chi connectivity index (χ4v) is 7.82. The van der Waals surface area contributed by atoms with Crippen molar-refractivity contribution in [2.45, 2.75) is 51.7 Å². The monoisotopic (exact) mass is 769 g/mol. The van der Waals surface area contributed by atoms with Gasteiger partial charge in [-0.1, -0.05) is 39.2 Å². The first-order valence-electron chi connectivity index (χ1n) is 14.3. The molecule has 21 nitrogen and oxygen atoms in total. The number of nitro groups is 1. The standard InChI is InChI=1S/C26H38N5O16P3/c1-15-29-25(28)17(13-43-24(26(2,3)4)18-10-21(42-5)16(7-6-8-27)9-19(18)31(33)34)12-30(15)23-11-20(32)22(45-23)14-44-49(38,39)47-50(40,41)46-48(35,36)37/h9-10,12,20,22-24,32H,1,8,11,13-14,27H2,2-5H3,(H2,28,29)(H,38,39)(H,40,41)(H2,35,36,37)/t20?,22-,23-,24-/m1/s1. The van der Waals surface area contributed by atoms with E-state index in [9.17, 15) is 38.7 Å². The zero-order valence-electron chi connectivity index (χ0n) is 27.1. The van der Waals surface area contributed by atoms with E-state index in [2.05, 4.69) is 36.6 Å². The molecule has 50 heavy (non-hydrogen) atoms. The lowest BCUT2D eigenvalue weighted by molar-refractivity contribution is -0.386. The highest BCUT2D eigenvalue weighted by Gasteiger charge is 2.44. The molecule has 2 heterocycles. The second-order valence-corrected chi connectivity index (χ2v) is 16.1. The maximum absolute atomic E-state index is 12.2. The number of hydrogen-bond donors (Lipinski definition) is 7. The van der Waals surface area contributed by atoms with Crippen LogP contribution in [0.15, 0.2) is 41.3 Å². The van der Waals surface area contributed by atoms with Crippen molar-refractivity contribution in [3.8, 4) is 17.6 Å². The van der Waals surface area contributed by atoms with Crippen LogP contribution in [0.25, 0.3) is 0 Å². The Hall–Kier alpha value is -3.02. The third-order valence-corrected chi connectivity index (χ3v) is 10.7. The van der Waals surface area contributed by atoms with Gasteiger partial charge in [0.15, 0.2) is 0 Å². The lowest BCUT2D eigenvalue weighted by Crippen LogP contribution is -2.36. The number of amidine groups is 1. The molecule has 6 atom stereocenters. The number of benzene rings is 1. The molecule has 0 bridgehead atoms. The van der Waals surface area contributed by atoms with Gasteiger partial charge in [-0.2, -0.15) is 8.62 Å². The molecule has 1 aromatic rings. The highest BCUT2D eigenvalue weighted by atomic mass is 31.3. The van der Waals surface area contributed by atoms with E-state index in [4.69, 9.17) is 35.5 Å². The summed E-state index contributed by atoms with van der Waals surface area (Å²) in [5.41, 5.74) is 11.4. The first-order valence-corrected chi connectivity index (χ1v) is 18.8. The van der Waals surface area contributed by atoms with Crippen LogP contribution in [0.5, 0.6) is 5.75 Å². The Labute approximate surface area is 286 Å². The zero-order valence-corrected chi connectivity index (χ0v) is 29.8. The van der Waals surface area contributed by atoms with Crippen LogP contribution in [-0.2, 0) is 36.3 Å². The van der Waals surface area contributed by atoms with Gasteiger partial charge in [-0.3, -0.25) is 14.6 Å². The molecule has 2 aliphatic rings. The van der Waals surface area contributed by atoms with E-state index in [-0.39, 0.29) is 53.8 Å². The van der Waals surface area contributed by atoms with Crippen molar-refractivity contribution >= 4 is 35.0 Å². The van der Waals surface area contributed by atoms with E-state index < -0.39 is 65.0 Å². The highest BCUT2D eigenvalue weighted by molar-refractivity contribution is 7.66. The normalized spacial score (nSPS) is 22.8. The summed E-state index contributed by atoms with van der Waals surface area (Å²) >= 11 is 0. The largest absolute Gasteiger partial charge is 0.495 e. The molecule has 0 spiro atoms. The van der Waals surface area contributed by atoms with Gasteiger partial charge in [-0.05, 0) is 11.5 Å². The van der Waals surface area contributed by atoms with Gasteiger partial charge < -0.3 is 55.3 Å². The molecule has 0 aromatic heterocycles. The van der Waals surface area contributed by atoms with Crippen LogP contribution in [0.3, 0.4) is 0 Å². The Morgan fingerprint density at radius 3 is 2.42 bits per heavy atom. The molecule has 0 saturated carbocycles. The zero-order chi connectivity index (χ0) is 37.8. The number of rotatable bonds is 14. The van der Waals surface area contributed by atoms with Crippen LogP contribution in [0, 0.1) is 27.4 Å². The molecule has 1 fully saturated rings. The Morgan fingerprint density at radius 2 is 1.86 bits per heavy atom. The van der Waals surface area contributed by atoms with E-state index in [1.54, 1.807) is 0 Å². The number of phosphoric acid groups is 3. The second-order valence-electron chi connectivity index (χ2n) is 11.7. The number of aliphatic imine (C=N–C) groups is 1. The first kappa shape index (κ1) is 41.4. The number of phosphoric ester groups is 1. The Balaban J connectivity index is 1.80. The third-order valence-electron chi connectivity index (χ3n) is 6.85. The fraction of sp³-hybridized carbons (Fsp3) is 0.500. The molecule has 1 saturated heterocycles. The van der Waals surface area contributed by atoms with Crippen molar-refractivity contribution in [2.75, 3.05) is 26.9 Å². The van der Waals surface area contributed by atoms with Gasteiger partial charge in [-0.25, -0.2) is 18.7 Å². The van der Waals surface area contributed by atoms with Crippen LogP contribution < -0.4 is 16.2 Å². The highest BCUT2D eigenvalue weighted by Crippen LogP contribution is 2.66. The van der Waals surface area contributed by atoms with E-state index in [1.807, 2.05) is 20.8 Å². The minimum absolute atomic E-state index is 0.00107. The molecule has 1 aromatic carbocycles. The third kappa shape index (κ3) is 11.2. The number of hydrogen-bond acceptors (Lipinski definition) is 16. The molecular weight excluding hydrogens is 731 g/mol. The predicted octanol–water partition coefficient (Wildman–Crippen LogP) is 1.86. The van der Waals surface area contributed by atoms with Gasteiger partial charge in [0.25, 0.3) is 5.69 Å². The van der Waals surface area contributed by atoms with Crippen molar-refractivity contribution in [1.29, 1.82) is 0 Å². The number of ether oxygens (including phenoxy) is 3. The summed E-state index contributed by atoms with van der Waals surface area (Å²) in [6.07, 6.45) is -3.25. The molecule has 3 unspecified atom stereocenters. The van der Waals surface area contributed by atoms with Gasteiger partial charge >= 0.3 is 23.5 Å². The number of nitrogens with two attached hydrogens (primary N) is 2. The van der Waals surface area contributed by atoms with Crippen LogP contribution >= 0.6 is 23.5 Å². The number of aliphatic hydroxyl groups excluding tert-OH is 1. The lowest BCUT2D eigenvalue weighted by Gasteiger charge is -2.33. The molecule has 0 amide bonds. The molecule has 3 rings (SSSR count). The summed E-state index contributed by atoms with van der Waals surface area (Å²) in [5.74, 6) is 5.75. The number of aliphatic hydroxyl groups is 1. The molecule has 0 radical (unpaired) electrons. The SMILES string of the molecule is C=C1N=C(N)C(CO[C@H](c2cc(OC)c(C#CCN)cc2[N+](=O)[O-])C(C)(C)C)=CN1[C@H]1CC(O)[C@@H](COP(=O)(O)OP(=O)(O)OP(=O)(O)O)O1. The minimum Gasteiger partial charge on any atom is -0.495 e. The Bertz CT molecular complexity index is 1750. The summed E-state index contributed by atoms with van der Waals surface area (Å²) in [6, 6.07) is 2.76. The Morgan fingerprint density at radius 1 is 1.20 bits per heavy atom.